The molecule has 0 aliphatic rings. The molecule has 0 saturated heterocycles. The van der Waals surface area contributed by atoms with Gasteiger partial charge in [-0.1, -0.05) is 19.4 Å². The largest absolute Gasteiger partial charge is 0.313 e. The van der Waals surface area contributed by atoms with Gasteiger partial charge >= 0.3 is 0 Å². The molecule has 0 aromatic heterocycles. The Hall–Kier alpha value is -0.890. The zero-order valence-electron chi connectivity index (χ0n) is 8.94. The van der Waals surface area contributed by atoms with Gasteiger partial charge in [-0.3, -0.25) is 0 Å². The SMILES string of the molecule is CCCCNCc1cc(F)ccc1C. The molecule has 0 spiro atoms. The van der Waals surface area contributed by atoms with Gasteiger partial charge in [-0.15, -0.1) is 0 Å². The molecule has 1 aromatic carbocycles. The molecule has 0 heterocycles. The van der Waals surface area contributed by atoms with Gasteiger partial charge in [0.15, 0.2) is 0 Å². The Balaban J connectivity index is 2.45. The summed E-state index contributed by atoms with van der Waals surface area (Å²) in [5, 5.41) is 3.30. The van der Waals surface area contributed by atoms with Crippen molar-refractivity contribution < 1.29 is 4.39 Å². The molecule has 1 aromatic rings. The first-order chi connectivity index (χ1) is 6.74. The molecular weight excluding hydrogens is 177 g/mol. The van der Waals surface area contributed by atoms with Gasteiger partial charge < -0.3 is 5.32 Å². The van der Waals surface area contributed by atoms with Crippen molar-refractivity contribution in [3.63, 3.8) is 0 Å². The van der Waals surface area contributed by atoms with E-state index in [0.29, 0.717) is 0 Å². The summed E-state index contributed by atoms with van der Waals surface area (Å²) in [5.41, 5.74) is 2.21. The van der Waals surface area contributed by atoms with Gasteiger partial charge in [-0.05, 0) is 43.1 Å². The van der Waals surface area contributed by atoms with Crippen molar-refractivity contribution in [3.8, 4) is 0 Å². The molecule has 1 nitrogen and oxygen atoms in total. The number of nitrogens with one attached hydrogen (secondary N) is 1. The third-order valence-corrected chi connectivity index (χ3v) is 2.33. The predicted molar refractivity (Wildman–Crippen MR) is 57.8 cm³/mol. The van der Waals surface area contributed by atoms with Crippen LogP contribution in [0.15, 0.2) is 18.2 Å². The highest BCUT2D eigenvalue weighted by molar-refractivity contribution is 5.26. The van der Waals surface area contributed by atoms with Crippen molar-refractivity contribution in [2.24, 2.45) is 0 Å². The van der Waals surface area contributed by atoms with Crippen LogP contribution in [0.2, 0.25) is 0 Å². The maximum Gasteiger partial charge on any atom is 0.123 e. The molecular formula is C12H18FN. The molecule has 0 amide bonds. The van der Waals surface area contributed by atoms with Crippen molar-refractivity contribution in [1.82, 2.24) is 5.32 Å². The Morgan fingerprint density at radius 1 is 1.36 bits per heavy atom. The van der Waals surface area contributed by atoms with Crippen molar-refractivity contribution in [2.45, 2.75) is 33.2 Å². The molecule has 1 N–H and O–H groups in total. The standard InChI is InChI=1S/C12H18FN/c1-3-4-7-14-9-11-8-12(13)6-5-10(11)2/h5-6,8,14H,3-4,7,9H2,1-2H3. The quantitative estimate of drug-likeness (QED) is 0.712. The Bertz CT molecular complexity index is 284. The maximum atomic E-state index is 12.9. The second-order valence-electron chi connectivity index (χ2n) is 3.60. The van der Waals surface area contributed by atoms with Gasteiger partial charge in [-0.25, -0.2) is 4.39 Å². The number of aryl methyl sites for hydroxylation is 1. The zero-order chi connectivity index (χ0) is 10.4. The summed E-state index contributed by atoms with van der Waals surface area (Å²) in [5.74, 6) is -0.150. The molecule has 0 saturated carbocycles. The number of rotatable bonds is 5. The van der Waals surface area contributed by atoms with Crippen LogP contribution in [-0.2, 0) is 6.54 Å². The van der Waals surface area contributed by atoms with E-state index in [1.54, 1.807) is 6.07 Å². The van der Waals surface area contributed by atoms with Gasteiger partial charge in [0.2, 0.25) is 0 Å². The van der Waals surface area contributed by atoms with E-state index in [0.717, 1.165) is 24.2 Å². The van der Waals surface area contributed by atoms with Crippen LogP contribution in [-0.4, -0.2) is 6.54 Å². The van der Waals surface area contributed by atoms with E-state index in [1.807, 2.05) is 13.0 Å². The predicted octanol–water partition coefficient (Wildman–Crippen LogP) is 3.02. The first-order valence-corrected chi connectivity index (χ1v) is 5.19. The highest BCUT2D eigenvalue weighted by Crippen LogP contribution is 2.09. The molecule has 0 unspecified atom stereocenters. The summed E-state index contributed by atoms with van der Waals surface area (Å²) in [7, 11) is 0. The van der Waals surface area contributed by atoms with E-state index in [1.165, 1.54) is 18.9 Å². The van der Waals surface area contributed by atoms with Crippen molar-refractivity contribution in [3.05, 3.63) is 35.1 Å². The Morgan fingerprint density at radius 2 is 2.14 bits per heavy atom. The second-order valence-corrected chi connectivity index (χ2v) is 3.60. The minimum absolute atomic E-state index is 0.150. The third kappa shape index (κ3) is 3.46. The summed E-state index contributed by atoms with van der Waals surface area (Å²) in [4.78, 5) is 0. The first kappa shape index (κ1) is 11.2. The summed E-state index contributed by atoms with van der Waals surface area (Å²) >= 11 is 0. The fraction of sp³-hybridized carbons (Fsp3) is 0.500. The molecule has 2 heteroatoms. The molecule has 0 fully saturated rings. The minimum Gasteiger partial charge on any atom is -0.313 e. The molecule has 0 aliphatic heterocycles. The number of hydrogen-bond donors (Lipinski definition) is 1. The van der Waals surface area contributed by atoms with Gasteiger partial charge in [0, 0.05) is 6.54 Å². The van der Waals surface area contributed by atoms with Crippen LogP contribution < -0.4 is 5.32 Å². The van der Waals surface area contributed by atoms with Gasteiger partial charge in [0.25, 0.3) is 0 Å². The van der Waals surface area contributed by atoms with Crippen molar-refractivity contribution in [1.29, 1.82) is 0 Å². The smallest absolute Gasteiger partial charge is 0.123 e. The monoisotopic (exact) mass is 195 g/mol. The van der Waals surface area contributed by atoms with Crippen molar-refractivity contribution in [2.75, 3.05) is 6.54 Å². The van der Waals surface area contributed by atoms with Crippen LogP contribution in [0.1, 0.15) is 30.9 Å². The first-order valence-electron chi connectivity index (χ1n) is 5.19. The number of hydrogen-bond acceptors (Lipinski definition) is 1. The summed E-state index contributed by atoms with van der Waals surface area (Å²) in [6.45, 7) is 5.95. The Morgan fingerprint density at radius 3 is 2.86 bits per heavy atom. The number of benzene rings is 1. The van der Waals surface area contributed by atoms with E-state index in [4.69, 9.17) is 0 Å². The fourth-order valence-corrected chi connectivity index (χ4v) is 1.36. The summed E-state index contributed by atoms with van der Waals surface area (Å²) in [6.07, 6.45) is 2.36. The fourth-order valence-electron chi connectivity index (χ4n) is 1.36. The van der Waals surface area contributed by atoms with E-state index < -0.39 is 0 Å². The van der Waals surface area contributed by atoms with E-state index in [2.05, 4.69) is 12.2 Å². The number of halogens is 1. The zero-order valence-corrected chi connectivity index (χ0v) is 8.94. The normalized spacial score (nSPS) is 10.5. The summed E-state index contributed by atoms with van der Waals surface area (Å²) in [6, 6.07) is 4.94. The lowest BCUT2D eigenvalue weighted by Crippen LogP contribution is -2.15. The van der Waals surface area contributed by atoms with Crippen LogP contribution in [0.25, 0.3) is 0 Å². The van der Waals surface area contributed by atoms with Crippen molar-refractivity contribution >= 4 is 0 Å². The Labute approximate surface area is 85.3 Å². The molecule has 14 heavy (non-hydrogen) atoms. The highest BCUT2D eigenvalue weighted by atomic mass is 19.1. The lowest BCUT2D eigenvalue weighted by Gasteiger charge is -2.07. The van der Waals surface area contributed by atoms with Gasteiger partial charge in [-0.2, -0.15) is 0 Å². The van der Waals surface area contributed by atoms with Gasteiger partial charge in [0.1, 0.15) is 5.82 Å². The highest BCUT2D eigenvalue weighted by Gasteiger charge is 1.99. The number of unbranched alkanes of at least 4 members (excludes halogenated alkanes) is 1. The molecule has 78 valence electrons. The summed E-state index contributed by atoms with van der Waals surface area (Å²) < 4.78 is 12.9. The average molecular weight is 195 g/mol. The van der Waals surface area contributed by atoms with Gasteiger partial charge in [0.05, 0.1) is 0 Å². The minimum atomic E-state index is -0.150. The van der Waals surface area contributed by atoms with E-state index in [9.17, 15) is 4.39 Å². The lowest BCUT2D eigenvalue weighted by atomic mass is 10.1. The molecule has 1 rings (SSSR count). The van der Waals surface area contributed by atoms with Crippen LogP contribution in [0, 0.1) is 12.7 Å². The molecule has 0 radical (unpaired) electrons. The Kier molecular flexibility index (Phi) is 4.60. The third-order valence-electron chi connectivity index (χ3n) is 2.33. The topological polar surface area (TPSA) is 12.0 Å². The maximum absolute atomic E-state index is 12.9. The van der Waals surface area contributed by atoms with Crippen LogP contribution in [0.3, 0.4) is 0 Å². The average Bonchev–Trinajstić information content (AvgIpc) is 2.18. The van der Waals surface area contributed by atoms with Crippen LogP contribution in [0.4, 0.5) is 4.39 Å². The van der Waals surface area contributed by atoms with E-state index >= 15 is 0 Å². The molecule has 0 atom stereocenters. The van der Waals surface area contributed by atoms with E-state index in [-0.39, 0.29) is 5.82 Å². The second kappa shape index (κ2) is 5.76. The lowest BCUT2D eigenvalue weighted by molar-refractivity contribution is 0.612. The molecule has 0 aliphatic carbocycles. The van der Waals surface area contributed by atoms with Crippen LogP contribution in [0.5, 0.6) is 0 Å². The van der Waals surface area contributed by atoms with Crippen LogP contribution >= 0.6 is 0 Å². The molecule has 0 bridgehead atoms.